The van der Waals surface area contributed by atoms with Crippen LogP contribution in [-0.4, -0.2) is 4.57 Å². The van der Waals surface area contributed by atoms with Crippen molar-refractivity contribution in [1.82, 2.24) is 4.57 Å². The first-order valence-electron chi connectivity index (χ1n) is 22.7. The SMILES string of the molecule is CC1(C)c2ccccc2-c2c(-n3c4ccccc4c4ccc(N(c5ccccc5)c5ccc6c7c(cccc57)C5(c7ccccc7Sc7ccccc75)c5ccccc5-6)cc43)cccc21. The third-order valence-corrected chi connectivity index (χ3v) is 16.0. The number of hydrogen-bond donors (Lipinski definition) is 0. The lowest BCUT2D eigenvalue weighted by molar-refractivity contribution is 0.660. The number of aromatic nitrogens is 1. The molecule has 306 valence electrons. The van der Waals surface area contributed by atoms with E-state index in [0.29, 0.717) is 0 Å². The molecule has 3 aliphatic rings. The van der Waals surface area contributed by atoms with Gasteiger partial charge in [0.1, 0.15) is 0 Å². The summed E-state index contributed by atoms with van der Waals surface area (Å²) in [6, 6.07) is 82.0. The second-order valence-corrected chi connectivity index (χ2v) is 19.4. The minimum absolute atomic E-state index is 0.107. The van der Waals surface area contributed by atoms with Crippen molar-refractivity contribution in [3.8, 4) is 27.9 Å². The molecule has 14 rings (SSSR count). The van der Waals surface area contributed by atoms with Gasteiger partial charge >= 0.3 is 0 Å². The van der Waals surface area contributed by atoms with Crippen molar-refractivity contribution in [3.63, 3.8) is 0 Å². The van der Waals surface area contributed by atoms with Gasteiger partial charge in [0.05, 0.1) is 27.8 Å². The quantitative estimate of drug-likeness (QED) is 0.174. The molecular formula is C62H42N2S. The fraction of sp³-hybridized carbons (Fsp3) is 0.0645. The Kier molecular flexibility index (Phi) is 7.63. The molecule has 0 bridgehead atoms. The predicted molar refractivity (Wildman–Crippen MR) is 272 cm³/mol. The Labute approximate surface area is 383 Å². The summed E-state index contributed by atoms with van der Waals surface area (Å²) < 4.78 is 2.53. The monoisotopic (exact) mass is 846 g/mol. The van der Waals surface area contributed by atoms with Crippen molar-refractivity contribution in [2.24, 2.45) is 0 Å². The summed E-state index contributed by atoms with van der Waals surface area (Å²) >= 11 is 1.89. The van der Waals surface area contributed by atoms with Crippen LogP contribution in [0, 0.1) is 0 Å². The highest BCUT2D eigenvalue weighted by Gasteiger charge is 2.48. The highest BCUT2D eigenvalue weighted by Crippen LogP contribution is 2.62. The van der Waals surface area contributed by atoms with Gasteiger partial charge in [0.15, 0.2) is 0 Å². The standard InChI is InChI=1S/C62H42N2S/c1-61(2)47-24-9-7-22-45(47)60-51(61)28-17-31-55(60)64-53-30-13-8-21-42(53)43-35-34-40(38-56(43)64)63(39-18-4-3-5-19-39)54-37-36-44-41-20-6-10-25-48(41)62(52-29-16-23-46(54)59(44)52)49-26-11-14-32-57(49)65-58-33-15-12-27-50(58)62/h3-38H,1-2H3. The normalized spacial score (nSPS) is 14.5. The minimum atomic E-state index is -0.499. The Morgan fingerprint density at radius 2 is 1.00 bits per heavy atom. The molecule has 0 atom stereocenters. The minimum Gasteiger partial charge on any atom is -0.310 e. The van der Waals surface area contributed by atoms with Crippen LogP contribution < -0.4 is 4.90 Å². The molecule has 1 aliphatic heterocycles. The van der Waals surface area contributed by atoms with Crippen molar-refractivity contribution in [3.05, 3.63) is 252 Å². The molecule has 0 saturated heterocycles. The Balaban J connectivity index is 1.06. The molecule has 1 aromatic heterocycles. The average molecular weight is 847 g/mol. The molecule has 0 unspecified atom stereocenters. The molecule has 0 saturated carbocycles. The molecule has 10 aromatic carbocycles. The molecule has 0 fully saturated rings. The van der Waals surface area contributed by atoms with Gasteiger partial charge in [-0.2, -0.15) is 0 Å². The maximum Gasteiger partial charge on any atom is 0.0735 e. The molecule has 2 nitrogen and oxygen atoms in total. The number of benzene rings is 10. The van der Waals surface area contributed by atoms with Crippen LogP contribution >= 0.6 is 11.8 Å². The largest absolute Gasteiger partial charge is 0.310 e. The Morgan fingerprint density at radius 3 is 1.80 bits per heavy atom. The maximum atomic E-state index is 2.53. The van der Waals surface area contributed by atoms with Gasteiger partial charge in [0.25, 0.3) is 0 Å². The number of nitrogens with zero attached hydrogens (tertiary/aromatic N) is 2. The van der Waals surface area contributed by atoms with Crippen LogP contribution in [0.5, 0.6) is 0 Å². The van der Waals surface area contributed by atoms with Crippen molar-refractivity contribution >= 4 is 61.4 Å². The summed E-state index contributed by atoms with van der Waals surface area (Å²) in [6.45, 7) is 4.74. The summed E-state index contributed by atoms with van der Waals surface area (Å²) in [5, 5.41) is 5.02. The lowest BCUT2D eigenvalue weighted by Gasteiger charge is -2.46. The van der Waals surface area contributed by atoms with Gasteiger partial charge in [-0.25, -0.2) is 0 Å². The molecule has 2 heterocycles. The zero-order valence-corrected chi connectivity index (χ0v) is 36.9. The van der Waals surface area contributed by atoms with Crippen LogP contribution in [0.4, 0.5) is 17.1 Å². The molecule has 2 aliphatic carbocycles. The first-order chi connectivity index (χ1) is 32.0. The van der Waals surface area contributed by atoms with E-state index in [1.807, 2.05) is 11.8 Å². The first-order valence-corrected chi connectivity index (χ1v) is 23.5. The van der Waals surface area contributed by atoms with Gasteiger partial charge < -0.3 is 9.47 Å². The average Bonchev–Trinajstić information content (AvgIpc) is 3.81. The third-order valence-electron chi connectivity index (χ3n) is 14.8. The predicted octanol–water partition coefficient (Wildman–Crippen LogP) is 16.5. The van der Waals surface area contributed by atoms with Gasteiger partial charge in [-0.1, -0.05) is 189 Å². The molecule has 65 heavy (non-hydrogen) atoms. The maximum absolute atomic E-state index is 2.53. The summed E-state index contributed by atoms with van der Waals surface area (Å²) in [4.78, 5) is 5.11. The number of hydrogen-bond acceptors (Lipinski definition) is 2. The lowest BCUT2D eigenvalue weighted by atomic mass is 9.59. The Bertz CT molecular complexity index is 3750. The van der Waals surface area contributed by atoms with E-state index < -0.39 is 5.41 Å². The van der Waals surface area contributed by atoms with E-state index in [-0.39, 0.29) is 5.41 Å². The van der Waals surface area contributed by atoms with Gasteiger partial charge in [0, 0.05) is 48.3 Å². The van der Waals surface area contributed by atoms with Crippen molar-refractivity contribution in [2.75, 3.05) is 4.90 Å². The Morgan fingerprint density at radius 1 is 0.400 bits per heavy atom. The van der Waals surface area contributed by atoms with Crippen LogP contribution in [0.25, 0.3) is 60.5 Å². The van der Waals surface area contributed by atoms with Crippen LogP contribution in [0.15, 0.2) is 228 Å². The topological polar surface area (TPSA) is 8.17 Å². The summed E-state index contributed by atoms with van der Waals surface area (Å²) in [6.07, 6.45) is 0. The molecule has 0 amide bonds. The van der Waals surface area contributed by atoms with Crippen molar-refractivity contribution < 1.29 is 0 Å². The van der Waals surface area contributed by atoms with Crippen LogP contribution in [0.1, 0.15) is 47.2 Å². The summed E-state index contributed by atoms with van der Waals surface area (Å²) in [5.74, 6) is 0. The van der Waals surface area contributed by atoms with Gasteiger partial charge in [0.2, 0.25) is 0 Å². The second-order valence-electron chi connectivity index (χ2n) is 18.3. The van der Waals surface area contributed by atoms with E-state index in [2.05, 4.69) is 242 Å². The lowest BCUT2D eigenvalue weighted by Crippen LogP contribution is -2.36. The van der Waals surface area contributed by atoms with E-state index in [9.17, 15) is 0 Å². The fourth-order valence-corrected chi connectivity index (χ4v) is 13.4. The molecule has 11 aromatic rings. The molecule has 0 N–H and O–H groups in total. The third kappa shape index (κ3) is 4.86. The highest BCUT2D eigenvalue weighted by atomic mass is 32.2. The summed E-state index contributed by atoms with van der Waals surface area (Å²) in [7, 11) is 0. The number of para-hydroxylation sites is 2. The van der Waals surface area contributed by atoms with Crippen LogP contribution in [-0.2, 0) is 10.8 Å². The molecule has 3 heteroatoms. The van der Waals surface area contributed by atoms with E-state index in [4.69, 9.17) is 0 Å². The first kappa shape index (κ1) is 36.8. The number of rotatable bonds is 4. The van der Waals surface area contributed by atoms with E-state index in [0.717, 1.165) is 17.1 Å². The van der Waals surface area contributed by atoms with Crippen LogP contribution in [0.2, 0.25) is 0 Å². The van der Waals surface area contributed by atoms with E-state index in [1.54, 1.807) is 0 Å². The van der Waals surface area contributed by atoms with Crippen molar-refractivity contribution in [1.29, 1.82) is 0 Å². The van der Waals surface area contributed by atoms with Crippen molar-refractivity contribution in [2.45, 2.75) is 34.5 Å². The zero-order chi connectivity index (χ0) is 43.0. The second kappa shape index (κ2) is 13.5. The van der Waals surface area contributed by atoms with Gasteiger partial charge in [-0.3, -0.25) is 0 Å². The van der Waals surface area contributed by atoms with E-state index >= 15 is 0 Å². The molecule has 0 radical (unpaired) electrons. The molecular weight excluding hydrogens is 805 g/mol. The number of anilines is 3. The number of fused-ring (bicyclic) bond motifs is 14. The van der Waals surface area contributed by atoms with Crippen LogP contribution in [0.3, 0.4) is 0 Å². The molecule has 1 spiro atoms. The Hall–Kier alpha value is -7.59. The highest BCUT2D eigenvalue weighted by molar-refractivity contribution is 7.99. The smallest absolute Gasteiger partial charge is 0.0735 e. The zero-order valence-electron chi connectivity index (χ0n) is 36.1. The van der Waals surface area contributed by atoms with Gasteiger partial charge in [-0.05, 0) is 110 Å². The summed E-state index contributed by atoms with van der Waals surface area (Å²) in [5.41, 5.74) is 19.7. The van der Waals surface area contributed by atoms with E-state index in [1.165, 1.54) is 104 Å². The fourth-order valence-electron chi connectivity index (χ4n) is 12.2. The van der Waals surface area contributed by atoms with Gasteiger partial charge in [-0.15, -0.1) is 0 Å².